The molecule has 1 unspecified atom stereocenters. The third-order valence-electron chi connectivity index (χ3n) is 3.53. The van der Waals surface area contributed by atoms with Crippen LogP contribution in [0, 0.1) is 0 Å². The summed E-state index contributed by atoms with van der Waals surface area (Å²) in [6, 6.07) is 0. The van der Waals surface area contributed by atoms with E-state index in [0.29, 0.717) is 11.1 Å². The molecule has 2 aliphatic carbocycles. The van der Waals surface area contributed by atoms with Crippen molar-refractivity contribution in [1.29, 1.82) is 0 Å². The van der Waals surface area contributed by atoms with E-state index in [9.17, 15) is 0 Å². The molecule has 3 rings (SSSR count). The molecular weight excluding hydrogens is 254 g/mol. The average molecular weight is 271 g/mol. The molecule has 0 amide bonds. The van der Waals surface area contributed by atoms with E-state index in [1.54, 1.807) is 0 Å². The number of hydrogen-bond acceptors (Lipinski definition) is 3. The molecule has 19 heavy (non-hydrogen) atoms. The van der Waals surface area contributed by atoms with Crippen LogP contribution in [0.1, 0.15) is 31.0 Å². The van der Waals surface area contributed by atoms with Crippen LogP contribution in [0.4, 0.5) is 0 Å². The minimum atomic E-state index is 0.318. The second-order valence-corrected chi connectivity index (χ2v) is 5.29. The van der Waals surface area contributed by atoms with Crippen LogP contribution in [0.2, 0.25) is 0 Å². The van der Waals surface area contributed by atoms with Gasteiger partial charge in [0.15, 0.2) is 5.16 Å². The van der Waals surface area contributed by atoms with Crippen molar-refractivity contribution in [3.63, 3.8) is 0 Å². The second kappa shape index (κ2) is 5.61. The van der Waals surface area contributed by atoms with Gasteiger partial charge in [0.1, 0.15) is 5.82 Å². The second-order valence-electron chi connectivity index (χ2n) is 4.89. The molecule has 1 atom stereocenters. The van der Waals surface area contributed by atoms with Crippen LogP contribution >= 0.6 is 12.6 Å². The minimum Gasteiger partial charge on any atom is -0.302 e. The standard InChI is InChI=1S/C15H17N3S/c19-15-17-16-14(13-9-5-2-6-10-13)18(15)11-12-7-3-1-4-8-12/h1-3,5-7,9,13H,4,8,10-11H2,(H,17,19). The van der Waals surface area contributed by atoms with E-state index in [-0.39, 0.29) is 0 Å². The summed E-state index contributed by atoms with van der Waals surface area (Å²) in [6.45, 7) is 0.847. The van der Waals surface area contributed by atoms with Gasteiger partial charge in [-0.05, 0) is 19.3 Å². The van der Waals surface area contributed by atoms with Gasteiger partial charge in [0.25, 0.3) is 0 Å². The number of rotatable bonds is 3. The van der Waals surface area contributed by atoms with Crippen molar-refractivity contribution >= 4 is 12.6 Å². The first kappa shape index (κ1) is 12.5. The van der Waals surface area contributed by atoms with Crippen LogP contribution in [0.5, 0.6) is 0 Å². The molecule has 0 radical (unpaired) electrons. The molecule has 1 heterocycles. The Morgan fingerprint density at radius 3 is 2.89 bits per heavy atom. The van der Waals surface area contributed by atoms with E-state index in [2.05, 4.69) is 69.9 Å². The zero-order chi connectivity index (χ0) is 13.1. The zero-order valence-electron chi connectivity index (χ0n) is 10.7. The molecule has 98 valence electrons. The largest absolute Gasteiger partial charge is 0.302 e. The maximum atomic E-state index is 4.44. The summed E-state index contributed by atoms with van der Waals surface area (Å²) in [5.74, 6) is 1.33. The molecule has 0 aromatic carbocycles. The van der Waals surface area contributed by atoms with Gasteiger partial charge in [-0.1, -0.05) is 48.1 Å². The minimum absolute atomic E-state index is 0.318. The van der Waals surface area contributed by atoms with Crippen molar-refractivity contribution in [2.24, 2.45) is 0 Å². The van der Waals surface area contributed by atoms with E-state index >= 15 is 0 Å². The summed E-state index contributed by atoms with van der Waals surface area (Å²) < 4.78 is 2.13. The summed E-state index contributed by atoms with van der Waals surface area (Å²) in [4.78, 5) is 0. The smallest absolute Gasteiger partial charge is 0.188 e. The Balaban J connectivity index is 1.86. The summed E-state index contributed by atoms with van der Waals surface area (Å²) in [7, 11) is 0. The fourth-order valence-corrected chi connectivity index (χ4v) is 2.71. The first-order chi connectivity index (χ1) is 9.34. The summed E-state index contributed by atoms with van der Waals surface area (Å²) >= 11 is 4.44. The van der Waals surface area contributed by atoms with Gasteiger partial charge in [0.2, 0.25) is 0 Å². The molecule has 4 heteroatoms. The lowest BCUT2D eigenvalue weighted by Crippen LogP contribution is -2.11. The Labute approximate surface area is 118 Å². The van der Waals surface area contributed by atoms with E-state index in [4.69, 9.17) is 0 Å². The monoisotopic (exact) mass is 271 g/mol. The first-order valence-corrected chi connectivity index (χ1v) is 7.09. The molecule has 0 aliphatic heterocycles. The van der Waals surface area contributed by atoms with E-state index in [1.807, 2.05) is 0 Å². The summed E-state index contributed by atoms with van der Waals surface area (Å²) in [5.41, 5.74) is 1.41. The van der Waals surface area contributed by atoms with Crippen molar-refractivity contribution in [2.75, 3.05) is 0 Å². The Bertz CT molecular complexity index is 578. The molecule has 2 aliphatic rings. The van der Waals surface area contributed by atoms with Crippen molar-refractivity contribution < 1.29 is 0 Å². The lowest BCUT2D eigenvalue weighted by atomic mass is 9.99. The van der Waals surface area contributed by atoms with Crippen LogP contribution < -0.4 is 0 Å². The van der Waals surface area contributed by atoms with Crippen LogP contribution in [-0.2, 0) is 6.54 Å². The normalized spacial score (nSPS) is 21.7. The van der Waals surface area contributed by atoms with Crippen LogP contribution in [0.3, 0.4) is 0 Å². The number of aromatic nitrogens is 3. The molecule has 0 bridgehead atoms. The van der Waals surface area contributed by atoms with E-state index in [1.165, 1.54) is 5.57 Å². The highest BCUT2D eigenvalue weighted by molar-refractivity contribution is 7.80. The molecule has 1 aromatic heterocycles. The van der Waals surface area contributed by atoms with E-state index in [0.717, 1.165) is 31.6 Å². The van der Waals surface area contributed by atoms with Crippen molar-refractivity contribution in [2.45, 2.75) is 36.9 Å². The van der Waals surface area contributed by atoms with Crippen molar-refractivity contribution in [3.8, 4) is 0 Å². The highest BCUT2D eigenvalue weighted by Gasteiger charge is 2.18. The van der Waals surface area contributed by atoms with E-state index < -0.39 is 0 Å². The summed E-state index contributed by atoms with van der Waals surface area (Å²) in [5, 5.41) is 9.14. The maximum Gasteiger partial charge on any atom is 0.188 e. The fraction of sp³-hybridized carbons (Fsp3) is 0.333. The van der Waals surface area contributed by atoms with Gasteiger partial charge < -0.3 is 4.57 Å². The van der Waals surface area contributed by atoms with Gasteiger partial charge in [0, 0.05) is 12.5 Å². The Morgan fingerprint density at radius 2 is 2.16 bits per heavy atom. The Morgan fingerprint density at radius 1 is 1.21 bits per heavy atom. The maximum absolute atomic E-state index is 4.44. The van der Waals surface area contributed by atoms with Crippen molar-refractivity contribution in [3.05, 3.63) is 53.9 Å². The molecule has 3 nitrogen and oxygen atoms in total. The average Bonchev–Trinajstić information content (AvgIpc) is 2.82. The SMILES string of the molecule is Sc1nnc(C2C=CC=CC2)n1CC1=CC=CCC1. The molecule has 0 fully saturated rings. The Hall–Kier alpha value is -1.55. The lowest BCUT2D eigenvalue weighted by Gasteiger charge is -2.17. The molecule has 0 saturated carbocycles. The third-order valence-corrected chi connectivity index (χ3v) is 3.86. The number of thiol groups is 1. The van der Waals surface area contributed by atoms with Crippen LogP contribution in [0.15, 0.2) is 53.3 Å². The van der Waals surface area contributed by atoms with Gasteiger partial charge in [-0.2, -0.15) is 0 Å². The third kappa shape index (κ3) is 2.73. The molecule has 0 N–H and O–H groups in total. The molecule has 0 saturated heterocycles. The van der Waals surface area contributed by atoms with Gasteiger partial charge in [-0.3, -0.25) is 0 Å². The first-order valence-electron chi connectivity index (χ1n) is 6.64. The number of allylic oxidation sites excluding steroid dienone is 8. The fourth-order valence-electron chi connectivity index (χ4n) is 2.49. The van der Waals surface area contributed by atoms with Gasteiger partial charge in [-0.15, -0.1) is 22.8 Å². The molecule has 1 aromatic rings. The quantitative estimate of drug-likeness (QED) is 0.854. The highest BCUT2D eigenvalue weighted by atomic mass is 32.1. The van der Waals surface area contributed by atoms with Gasteiger partial charge in [-0.25, -0.2) is 0 Å². The highest BCUT2D eigenvalue weighted by Crippen LogP contribution is 2.26. The number of nitrogens with zero attached hydrogens (tertiary/aromatic N) is 3. The van der Waals surface area contributed by atoms with Crippen LogP contribution in [0.25, 0.3) is 0 Å². The Kier molecular flexibility index (Phi) is 3.69. The molecular formula is C15H17N3S. The number of hydrogen-bond donors (Lipinski definition) is 1. The lowest BCUT2D eigenvalue weighted by molar-refractivity contribution is 0.615. The summed E-state index contributed by atoms with van der Waals surface area (Å²) in [6.07, 6.45) is 18.3. The topological polar surface area (TPSA) is 30.7 Å². The van der Waals surface area contributed by atoms with Crippen LogP contribution in [-0.4, -0.2) is 14.8 Å². The predicted octanol–water partition coefficient (Wildman–Crippen LogP) is 3.44. The van der Waals surface area contributed by atoms with Gasteiger partial charge >= 0.3 is 0 Å². The predicted molar refractivity (Wildman–Crippen MR) is 79.4 cm³/mol. The zero-order valence-corrected chi connectivity index (χ0v) is 11.6. The van der Waals surface area contributed by atoms with Crippen molar-refractivity contribution in [1.82, 2.24) is 14.8 Å². The molecule has 0 spiro atoms. The van der Waals surface area contributed by atoms with Gasteiger partial charge in [0.05, 0.1) is 0 Å².